The van der Waals surface area contributed by atoms with Gasteiger partial charge in [-0.05, 0) is 19.9 Å². The highest BCUT2D eigenvalue weighted by Gasteiger charge is 2.58. The van der Waals surface area contributed by atoms with Crippen LogP contribution in [0, 0.1) is 18.0 Å². The van der Waals surface area contributed by atoms with Crippen molar-refractivity contribution in [1.29, 1.82) is 0 Å². The highest BCUT2D eigenvalue weighted by atomic mass is 32.2. The molecule has 2 aromatic rings. The summed E-state index contributed by atoms with van der Waals surface area (Å²) in [4.78, 5) is 18.5. The number of hydrogen-bond acceptors (Lipinski definition) is 6. The molecule has 0 bridgehead atoms. The number of carbonyl (C=O) groups excluding carboxylic acids is 1. The Morgan fingerprint density at radius 2 is 2.17 bits per heavy atom. The van der Waals surface area contributed by atoms with E-state index < -0.39 is 45.5 Å². The van der Waals surface area contributed by atoms with Gasteiger partial charge < -0.3 is 10.1 Å². The number of hydrogen-bond donors (Lipinski definition) is 0. The zero-order valence-electron chi connectivity index (χ0n) is 16.0. The van der Waals surface area contributed by atoms with E-state index in [0.717, 1.165) is 0 Å². The van der Waals surface area contributed by atoms with Gasteiger partial charge in [0.1, 0.15) is 10.0 Å². The number of sulfone groups is 1. The predicted molar refractivity (Wildman–Crippen MR) is 106 cm³/mol. The fourth-order valence-electron chi connectivity index (χ4n) is 2.99. The predicted octanol–water partition coefficient (Wildman–Crippen LogP) is 2.56. The molecule has 0 N–H and O–H groups in total. The minimum atomic E-state index is -3.74. The molecular formula is C18H21F2N3O4S2. The first kappa shape index (κ1) is 21.6. The molecule has 1 aliphatic rings. The molecule has 1 aliphatic carbocycles. The number of amides is 1. The summed E-state index contributed by atoms with van der Waals surface area (Å²) in [5, 5.41) is 12.6. The molecule has 0 aliphatic heterocycles. The van der Waals surface area contributed by atoms with Crippen LogP contribution in [0.2, 0.25) is 0 Å². The monoisotopic (exact) mass is 445 g/mol. The van der Waals surface area contributed by atoms with Gasteiger partial charge in [0.25, 0.3) is 5.92 Å². The van der Waals surface area contributed by atoms with Gasteiger partial charge in [-0.3, -0.25) is 4.79 Å². The summed E-state index contributed by atoms with van der Waals surface area (Å²) in [6, 6.07) is 3.32. The Balaban J connectivity index is 1.70. The summed E-state index contributed by atoms with van der Waals surface area (Å²) in [7, 11) is -3.74. The Labute approximate surface area is 171 Å². The highest BCUT2D eigenvalue weighted by Crippen LogP contribution is 2.49. The number of pyridine rings is 1. The van der Waals surface area contributed by atoms with Crippen molar-refractivity contribution in [2.45, 2.75) is 32.6 Å². The maximum Gasteiger partial charge on any atom is 0.252 e. The molecule has 0 radical (unpaired) electrons. The van der Waals surface area contributed by atoms with Crippen molar-refractivity contribution in [2.75, 3.05) is 23.0 Å². The van der Waals surface area contributed by atoms with Gasteiger partial charge >= 0.3 is 0 Å². The zero-order chi connectivity index (χ0) is 21.4. The third-order valence-electron chi connectivity index (χ3n) is 4.69. The molecule has 1 fully saturated rings. The largest absolute Gasteiger partial charge is 0.619 e. The number of rotatable bonds is 8. The summed E-state index contributed by atoms with van der Waals surface area (Å²) in [5.74, 6) is -5.50. The molecule has 1 amide bonds. The second-order valence-corrected chi connectivity index (χ2v) is 10.2. The minimum Gasteiger partial charge on any atom is -0.619 e. The van der Waals surface area contributed by atoms with Crippen LogP contribution >= 0.6 is 11.3 Å². The smallest absolute Gasteiger partial charge is 0.252 e. The van der Waals surface area contributed by atoms with Crippen molar-refractivity contribution in [2.24, 2.45) is 5.92 Å². The van der Waals surface area contributed by atoms with Crippen LogP contribution in [0.4, 0.5) is 13.8 Å². The molecule has 158 valence electrons. The van der Waals surface area contributed by atoms with Crippen LogP contribution in [-0.4, -0.2) is 43.3 Å². The first-order chi connectivity index (χ1) is 13.5. The van der Waals surface area contributed by atoms with Crippen molar-refractivity contribution in [3.05, 3.63) is 35.4 Å². The average molecular weight is 446 g/mol. The molecule has 0 aromatic carbocycles. The second-order valence-electron chi connectivity index (χ2n) is 7.03. The van der Waals surface area contributed by atoms with Gasteiger partial charge in [-0.15, -0.1) is 0 Å². The number of alkyl halides is 2. The first-order valence-electron chi connectivity index (χ1n) is 9.07. The van der Waals surface area contributed by atoms with Crippen LogP contribution in [0.1, 0.15) is 25.5 Å². The van der Waals surface area contributed by atoms with Gasteiger partial charge in [0.15, 0.2) is 22.2 Å². The van der Waals surface area contributed by atoms with Crippen LogP contribution in [-0.2, 0) is 14.6 Å². The molecule has 1 unspecified atom stereocenters. The third kappa shape index (κ3) is 5.08. The Morgan fingerprint density at radius 3 is 2.76 bits per heavy atom. The summed E-state index contributed by atoms with van der Waals surface area (Å²) in [6.07, 6.45) is 2.03. The van der Waals surface area contributed by atoms with E-state index in [9.17, 15) is 27.2 Å². The van der Waals surface area contributed by atoms with Crippen molar-refractivity contribution in [3.8, 4) is 10.6 Å². The maximum absolute atomic E-state index is 13.0. The fourth-order valence-corrected chi connectivity index (χ4v) is 5.76. The average Bonchev–Trinajstić information content (AvgIpc) is 3.04. The van der Waals surface area contributed by atoms with Gasteiger partial charge in [0.2, 0.25) is 5.91 Å². The quantitative estimate of drug-likeness (QED) is 0.460. The van der Waals surface area contributed by atoms with Crippen LogP contribution in [0.25, 0.3) is 10.6 Å². The molecule has 2 aromatic heterocycles. The lowest BCUT2D eigenvalue weighted by Crippen LogP contribution is -2.32. The Bertz CT molecular complexity index is 1020. The van der Waals surface area contributed by atoms with E-state index in [1.54, 1.807) is 26.0 Å². The highest BCUT2D eigenvalue weighted by molar-refractivity contribution is 7.91. The number of anilines is 1. The topological polar surface area (TPSA) is 94.3 Å². The van der Waals surface area contributed by atoms with Gasteiger partial charge in [0.05, 0.1) is 22.8 Å². The lowest BCUT2D eigenvalue weighted by atomic mass is 10.3. The van der Waals surface area contributed by atoms with Crippen molar-refractivity contribution in [1.82, 2.24) is 4.98 Å². The molecule has 29 heavy (non-hydrogen) atoms. The van der Waals surface area contributed by atoms with Crippen molar-refractivity contribution < 1.29 is 26.7 Å². The second kappa shape index (κ2) is 7.94. The summed E-state index contributed by atoms with van der Waals surface area (Å²) >= 11 is 1.23. The van der Waals surface area contributed by atoms with E-state index in [2.05, 4.69) is 4.98 Å². The Kier molecular flexibility index (Phi) is 5.91. The Morgan fingerprint density at radius 1 is 1.48 bits per heavy atom. The summed E-state index contributed by atoms with van der Waals surface area (Å²) < 4.78 is 50.7. The molecule has 0 saturated heterocycles. The maximum atomic E-state index is 13.0. The van der Waals surface area contributed by atoms with Crippen LogP contribution in [0.15, 0.2) is 24.5 Å². The van der Waals surface area contributed by atoms with Gasteiger partial charge in [-0.1, -0.05) is 11.3 Å². The molecule has 1 saturated carbocycles. The number of aryl methyl sites for hydroxylation is 1. The van der Waals surface area contributed by atoms with Crippen LogP contribution in [0.3, 0.4) is 0 Å². The Hall–Kier alpha value is -2.14. The zero-order valence-corrected chi connectivity index (χ0v) is 17.6. The molecule has 11 heteroatoms. The van der Waals surface area contributed by atoms with E-state index >= 15 is 0 Å². The van der Waals surface area contributed by atoms with E-state index in [0.29, 0.717) is 32.5 Å². The fraction of sp³-hybridized carbons (Fsp3) is 0.500. The number of aromatic nitrogens is 2. The number of nitrogens with zero attached hydrogens (tertiary/aromatic N) is 3. The normalized spacial score (nSPS) is 17.9. The van der Waals surface area contributed by atoms with Crippen molar-refractivity contribution in [3.63, 3.8) is 0 Å². The molecule has 1 atom stereocenters. The van der Waals surface area contributed by atoms with E-state index in [1.807, 2.05) is 0 Å². The third-order valence-corrected chi connectivity index (χ3v) is 7.66. The molecule has 7 nitrogen and oxygen atoms in total. The minimum absolute atomic E-state index is 0.285. The SMILES string of the molecule is CCN(C(=O)CCS(=O)(=O)CC1CC1(F)F)c1sc(-c2ccc[n+]([O-])c2)nc1C. The van der Waals surface area contributed by atoms with Gasteiger partial charge in [0, 0.05) is 31.4 Å². The number of thiazole rings is 1. The van der Waals surface area contributed by atoms with E-state index in [1.165, 1.54) is 28.6 Å². The van der Waals surface area contributed by atoms with Crippen LogP contribution in [0.5, 0.6) is 0 Å². The van der Waals surface area contributed by atoms with Crippen molar-refractivity contribution >= 4 is 32.1 Å². The van der Waals surface area contributed by atoms with E-state index in [-0.39, 0.29) is 6.42 Å². The van der Waals surface area contributed by atoms with Gasteiger partial charge in [-0.25, -0.2) is 22.2 Å². The van der Waals surface area contributed by atoms with Crippen LogP contribution < -0.4 is 9.63 Å². The molecule has 2 heterocycles. The lowest BCUT2D eigenvalue weighted by Gasteiger charge is -2.19. The lowest BCUT2D eigenvalue weighted by molar-refractivity contribution is -0.604. The van der Waals surface area contributed by atoms with Gasteiger partial charge in [-0.2, -0.15) is 4.73 Å². The number of halogens is 2. The molecule has 0 spiro atoms. The summed E-state index contributed by atoms with van der Waals surface area (Å²) in [6.45, 7) is 3.79. The summed E-state index contributed by atoms with van der Waals surface area (Å²) in [5.41, 5.74) is 1.19. The standard InChI is InChI=1S/C18H21F2N3O4S2/c1-3-23(15(24)6-8-29(26,27)11-14-9-18(14,19)20)17-12(2)21-16(28-17)13-5-4-7-22(25)10-13/h4-5,7,10,14H,3,6,8-9,11H2,1-2H3. The number of carbonyl (C=O) groups is 1. The molecule has 3 rings (SSSR count). The first-order valence-corrected chi connectivity index (χ1v) is 11.7. The van der Waals surface area contributed by atoms with E-state index in [4.69, 9.17) is 0 Å². The molecular weight excluding hydrogens is 424 g/mol.